The van der Waals surface area contributed by atoms with E-state index in [4.69, 9.17) is 0 Å². The number of nitrogens with one attached hydrogen (secondary N) is 1. The van der Waals surface area contributed by atoms with Crippen molar-refractivity contribution in [1.82, 2.24) is 5.43 Å². The van der Waals surface area contributed by atoms with Crippen molar-refractivity contribution in [3.63, 3.8) is 0 Å². The van der Waals surface area contributed by atoms with E-state index in [9.17, 15) is 4.79 Å². The Hall–Kier alpha value is -1.64. The lowest BCUT2D eigenvalue weighted by molar-refractivity contribution is 0.0954. The van der Waals surface area contributed by atoms with Crippen molar-refractivity contribution in [1.29, 1.82) is 0 Å². The molecule has 0 heterocycles. The molecule has 3 nitrogen and oxygen atoms in total. The van der Waals surface area contributed by atoms with E-state index in [2.05, 4.69) is 17.5 Å². The summed E-state index contributed by atoms with van der Waals surface area (Å²) < 4.78 is 0. The Morgan fingerprint density at radius 1 is 1.32 bits per heavy atom. The van der Waals surface area contributed by atoms with Gasteiger partial charge in [0, 0.05) is 11.3 Å². The normalized spacial score (nSPS) is 19.1. The van der Waals surface area contributed by atoms with Gasteiger partial charge in [0.05, 0.1) is 0 Å². The number of aryl methyl sites for hydroxylation is 1. The summed E-state index contributed by atoms with van der Waals surface area (Å²) >= 11 is 0. The number of amides is 1. The van der Waals surface area contributed by atoms with Crippen molar-refractivity contribution in [3.8, 4) is 0 Å². The minimum atomic E-state index is -0.108. The molecule has 0 unspecified atom stereocenters. The number of nitrogens with zero attached hydrogens (tertiary/aromatic N) is 1. The van der Waals surface area contributed by atoms with E-state index in [0.717, 1.165) is 30.0 Å². The molecule has 0 bridgehead atoms. The molecule has 0 atom stereocenters. The zero-order valence-corrected chi connectivity index (χ0v) is 11.8. The molecule has 0 saturated heterocycles. The molecule has 1 aliphatic carbocycles. The third kappa shape index (κ3) is 3.66. The zero-order valence-electron chi connectivity index (χ0n) is 11.8. The Balaban J connectivity index is 1.92. The molecule has 0 aromatic heterocycles. The van der Waals surface area contributed by atoms with E-state index < -0.39 is 0 Å². The van der Waals surface area contributed by atoms with Crippen LogP contribution in [0.3, 0.4) is 0 Å². The summed E-state index contributed by atoms with van der Waals surface area (Å²) in [6, 6.07) is 7.58. The van der Waals surface area contributed by atoms with Gasteiger partial charge in [-0.3, -0.25) is 4.79 Å². The fourth-order valence-electron chi connectivity index (χ4n) is 2.55. The van der Waals surface area contributed by atoms with Gasteiger partial charge in [0.1, 0.15) is 0 Å². The fraction of sp³-hybridized carbons (Fsp3) is 0.500. The second kappa shape index (κ2) is 6.50. The zero-order chi connectivity index (χ0) is 13.7. The molecule has 1 N–H and O–H groups in total. The summed E-state index contributed by atoms with van der Waals surface area (Å²) in [5.74, 6) is 0.731. The van der Waals surface area contributed by atoms with Gasteiger partial charge in [0.25, 0.3) is 5.91 Å². The van der Waals surface area contributed by atoms with Crippen LogP contribution in [0.5, 0.6) is 0 Å². The first-order valence-electron chi connectivity index (χ1n) is 7.12. The molecule has 1 aromatic rings. The monoisotopic (exact) mass is 258 g/mol. The molecule has 0 radical (unpaired) electrons. The lowest BCUT2D eigenvalue weighted by Gasteiger charge is -2.21. The highest BCUT2D eigenvalue weighted by Gasteiger charge is 2.16. The van der Waals surface area contributed by atoms with Crippen LogP contribution in [0.15, 0.2) is 29.4 Å². The molecule has 1 amide bonds. The SMILES string of the molecule is CCC1CCC(=NNC(=O)c2ccccc2C)CC1. The highest BCUT2D eigenvalue weighted by molar-refractivity contribution is 5.96. The number of benzene rings is 1. The Kier molecular flexibility index (Phi) is 4.72. The van der Waals surface area contributed by atoms with Crippen LogP contribution in [0.4, 0.5) is 0 Å². The van der Waals surface area contributed by atoms with Gasteiger partial charge in [-0.05, 0) is 50.2 Å². The Bertz CT molecular complexity index is 469. The first kappa shape index (κ1) is 13.8. The van der Waals surface area contributed by atoms with Crippen molar-refractivity contribution in [2.45, 2.75) is 46.0 Å². The Morgan fingerprint density at radius 2 is 2.00 bits per heavy atom. The maximum absolute atomic E-state index is 12.0. The molecule has 1 aromatic carbocycles. The molecule has 0 aliphatic heterocycles. The van der Waals surface area contributed by atoms with Crippen molar-refractivity contribution >= 4 is 11.6 Å². The van der Waals surface area contributed by atoms with Gasteiger partial charge in [-0.25, -0.2) is 5.43 Å². The summed E-state index contributed by atoms with van der Waals surface area (Å²) in [5, 5.41) is 4.29. The van der Waals surface area contributed by atoms with E-state index in [1.54, 1.807) is 0 Å². The van der Waals surface area contributed by atoms with Gasteiger partial charge in [-0.1, -0.05) is 31.5 Å². The molecule has 2 rings (SSSR count). The maximum Gasteiger partial charge on any atom is 0.271 e. The van der Waals surface area contributed by atoms with E-state index >= 15 is 0 Å². The minimum absolute atomic E-state index is 0.108. The number of hydrazone groups is 1. The summed E-state index contributed by atoms with van der Waals surface area (Å²) in [7, 11) is 0. The van der Waals surface area contributed by atoms with Crippen LogP contribution in [0, 0.1) is 12.8 Å². The lowest BCUT2D eigenvalue weighted by Crippen LogP contribution is -2.22. The quantitative estimate of drug-likeness (QED) is 0.825. The van der Waals surface area contributed by atoms with E-state index in [0.29, 0.717) is 5.56 Å². The van der Waals surface area contributed by atoms with Crippen molar-refractivity contribution in [3.05, 3.63) is 35.4 Å². The van der Waals surface area contributed by atoms with Gasteiger partial charge < -0.3 is 0 Å². The molecule has 1 fully saturated rings. The lowest BCUT2D eigenvalue weighted by atomic mass is 9.86. The molecule has 102 valence electrons. The summed E-state index contributed by atoms with van der Waals surface area (Å²) in [4.78, 5) is 12.0. The Morgan fingerprint density at radius 3 is 2.63 bits per heavy atom. The molecular weight excluding hydrogens is 236 g/mol. The van der Waals surface area contributed by atoms with Crippen LogP contribution >= 0.6 is 0 Å². The Labute approximate surface area is 115 Å². The number of hydrogen-bond donors (Lipinski definition) is 1. The smallest absolute Gasteiger partial charge is 0.267 e. The average molecular weight is 258 g/mol. The van der Waals surface area contributed by atoms with Gasteiger partial charge in [-0.2, -0.15) is 5.10 Å². The van der Waals surface area contributed by atoms with Crippen LogP contribution in [-0.4, -0.2) is 11.6 Å². The van der Waals surface area contributed by atoms with E-state index in [1.165, 1.54) is 19.3 Å². The second-order valence-corrected chi connectivity index (χ2v) is 5.29. The molecule has 3 heteroatoms. The van der Waals surface area contributed by atoms with Crippen LogP contribution in [0.2, 0.25) is 0 Å². The van der Waals surface area contributed by atoms with Crippen molar-refractivity contribution in [2.24, 2.45) is 11.0 Å². The number of carbonyl (C=O) groups excluding carboxylic acids is 1. The molecule has 19 heavy (non-hydrogen) atoms. The maximum atomic E-state index is 12.0. The van der Waals surface area contributed by atoms with Crippen LogP contribution in [0.1, 0.15) is 54.9 Å². The van der Waals surface area contributed by atoms with Gasteiger partial charge in [0.2, 0.25) is 0 Å². The fourth-order valence-corrected chi connectivity index (χ4v) is 2.55. The highest BCUT2D eigenvalue weighted by Crippen LogP contribution is 2.24. The van der Waals surface area contributed by atoms with E-state index in [-0.39, 0.29) is 5.91 Å². The van der Waals surface area contributed by atoms with E-state index in [1.807, 2.05) is 31.2 Å². The molecule has 0 spiro atoms. The first-order chi connectivity index (χ1) is 9.20. The molecule has 1 aliphatic rings. The topological polar surface area (TPSA) is 41.5 Å². The van der Waals surface area contributed by atoms with Gasteiger partial charge >= 0.3 is 0 Å². The van der Waals surface area contributed by atoms with Gasteiger partial charge in [-0.15, -0.1) is 0 Å². The average Bonchev–Trinajstić information content (AvgIpc) is 2.46. The predicted octanol–water partition coefficient (Wildman–Crippen LogP) is 3.68. The minimum Gasteiger partial charge on any atom is -0.267 e. The summed E-state index contributed by atoms with van der Waals surface area (Å²) in [6.07, 6.45) is 5.70. The van der Waals surface area contributed by atoms with Crippen LogP contribution in [0.25, 0.3) is 0 Å². The number of rotatable bonds is 3. The summed E-state index contributed by atoms with van der Waals surface area (Å²) in [5.41, 5.74) is 5.51. The molecular formula is C16H22N2O. The number of carbonyl (C=O) groups is 1. The molecule has 1 saturated carbocycles. The third-order valence-electron chi connectivity index (χ3n) is 3.96. The van der Waals surface area contributed by atoms with Crippen LogP contribution in [-0.2, 0) is 0 Å². The predicted molar refractivity (Wildman–Crippen MR) is 78.3 cm³/mol. The standard InChI is InChI=1S/C16H22N2O/c1-3-13-8-10-14(11-9-13)17-18-16(19)15-7-5-4-6-12(15)2/h4-7,13H,3,8-11H2,1-2H3,(H,18,19). The van der Waals surface area contributed by atoms with Gasteiger partial charge in [0.15, 0.2) is 0 Å². The summed E-state index contributed by atoms with van der Waals surface area (Å²) in [6.45, 7) is 4.18. The second-order valence-electron chi connectivity index (χ2n) is 5.29. The van der Waals surface area contributed by atoms with Crippen molar-refractivity contribution in [2.75, 3.05) is 0 Å². The highest BCUT2D eigenvalue weighted by atomic mass is 16.2. The third-order valence-corrected chi connectivity index (χ3v) is 3.96. The number of hydrogen-bond acceptors (Lipinski definition) is 2. The van der Waals surface area contributed by atoms with Crippen LogP contribution < -0.4 is 5.43 Å². The first-order valence-corrected chi connectivity index (χ1v) is 7.12. The largest absolute Gasteiger partial charge is 0.271 e. The van der Waals surface area contributed by atoms with Crippen molar-refractivity contribution < 1.29 is 4.79 Å².